The lowest BCUT2D eigenvalue weighted by atomic mass is 10.1. The van der Waals surface area contributed by atoms with Gasteiger partial charge in [0.1, 0.15) is 0 Å². The first-order valence-corrected chi connectivity index (χ1v) is 8.20. The van der Waals surface area contributed by atoms with Crippen molar-refractivity contribution in [3.63, 3.8) is 0 Å². The zero-order chi connectivity index (χ0) is 13.8. The van der Waals surface area contributed by atoms with E-state index in [1.807, 2.05) is 0 Å². The Balaban J connectivity index is 2.12. The monoisotopic (exact) mass is 261 g/mol. The summed E-state index contributed by atoms with van der Waals surface area (Å²) in [5, 5.41) is 3.60. The van der Waals surface area contributed by atoms with Gasteiger partial charge in [0.2, 0.25) is 0 Å². The van der Waals surface area contributed by atoms with Crippen LogP contribution < -0.4 is 5.32 Å². The first kappa shape index (κ1) is 16.1. The van der Waals surface area contributed by atoms with Crippen molar-refractivity contribution < 1.29 is 0 Å². The number of aryl methyl sites for hydroxylation is 1. The predicted molar refractivity (Wildman–Crippen MR) is 86.9 cm³/mol. The Labute approximate surface area is 119 Å². The average molecular weight is 261 g/mol. The van der Waals surface area contributed by atoms with Crippen molar-refractivity contribution in [3.8, 4) is 0 Å². The minimum Gasteiger partial charge on any atom is -0.385 e. The second kappa shape index (κ2) is 10.9. The van der Waals surface area contributed by atoms with Crippen LogP contribution >= 0.6 is 0 Å². The lowest BCUT2D eigenvalue weighted by molar-refractivity contribution is 0.596. The Morgan fingerprint density at radius 3 is 2.21 bits per heavy atom. The largest absolute Gasteiger partial charge is 0.385 e. The Hall–Kier alpha value is -0.980. The molecule has 0 bridgehead atoms. The van der Waals surface area contributed by atoms with Crippen LogP contribution in [0.1, 0.15) is 70.8 Å². The van der Waals surface area contributed by atoms with E-state index >= 15 is 0 Å². The smallest absolute Gasteiger partial charge is 0.0372 e. The normalized spacial score (nSPS) is 10.6. The molecule has 0 spiro atoms. The van der Waals surface area contributed by atoms with E-state index in [0.717, 1.165) is 6.54 Å². The Morgan fingerprint density at radius 2 is 1.47 bits per heavy atom. The van der Waals surface area contributed by atoms with Crippen molar-refractivity contribution in [1.29, 1.82) is 0 Å². The van der Waals surface area contributed by atoms with Crippen LogP contribution in [-0.2, 0) is 6.42 Å². The Morgan fingerprint density at radius 1 is 0.789 bits per heavy atom. The molecule has 1 nitrogen and oxygen atoms in total. The number of hydrogen-bond donors (Lipinski definition) is 1. The number of nitrogens with one attached hydrogen (secondary N) is 1. The maximum atomic E-state index is 3.60. The van der Waals surface area contributed by atoms with Gasteiger partial charge in [-0.05, 0) is 24.5 Å². The molecule has 0 amide bonds. The van der Waals surface area contributed by atoms with E-state index in [1.54, 1.807) is 0 Å². The van der Waals surface area contributed by atoms with Crippen molar-refractivity contribution in [1.82, 2.24) is 0 Å². The molecule has 1 aromatic carbocycles. The second-order valence-corrected chi connectivity index (χ2v) is 5.46. The van der Waals surface area contributed by atoms with Crippen LogP contribution in [-0.4, -0.2) is 6.54 Å². The van der Waals surface area contributed by atoms with Gasteiger partial charge in [0.25, 0.3) is 0 Å². The molecule has 19 heavy (non-hydrogen) atoms. The van der Waals surface area contributed by atoms with Gasteiger partial charge in [-0.2, -0.15) is 0 Å². The predicted octanol–water partition coefficient (Wildman–Crippen LogP) is 5.80. The molecule has 1 N–H and O–H groups in total. The van der Waals surface area contributed by atoms with Gasteiger partial charge >= 0.3 is 0 Å². The summed E-state index contributed by atoms with van der Waals surface area (Å²) in [5.41, 5.74) is 2.81. The molecule has 0 radical (unpaired) electrons. The summed E-state index contributed by atoms with van der Waals surface area (Å²) in [5.74, 6) is 0. The molecule has 0 aliphatic carbocycles. The number of para-hydroxylation sites is 1. The molecule has 1 heteroatoms. The van der Waals surface area contributed by atoms with E-state index in [-0.39, 0.29) is 0 Å². The van der Waals surface area contributed by atoms with Crippen LogP contribution in [0.2, 0.25) is 0 Å². The van der Waals surface area contributed by atoms with E-state index in [2.05, 4.69) is 43.4 Å². The summed E-state index contributed by atoms with van der Waals surface area (Å²) in [7, 11) is 0. The number of rotatable bonds is 11. The number of unbranched alkanes of at least 4 members (excludes halogenated alkanes) is 6. The average Bonchev–Trinajstić information content (AvgIpc) is 2.44. The third-order valence-corrected chi connectivity index (χ3v) is 3.63. The molecule has 1 aromatic rings. The summed E-state index contributed by atoms with van der Waals surface area (Å²) in [6.45, 7) is 5.64. The highest BCUT2D eigenvalue weighted by molar-refractivity contribution is 5.51. The van der Waals surface area contributed by atoms with E-state index in [1.165, 1.54) is 69.0 Å². The fourth-order valence-corrected chi connectivity index (χ4v) is 2.49. The van der Waals surface area contributed by atoms with Gasteiger partial charge < -0.3 is 5.32 Å². The van der Waals surface area contributed by atoms with Gasteiger partial charge in [-0.1, -0.05) is 77.0 Å². The molecule has 0 heterocycles. The fraction of sp³-hybridized carbons (Fsp3) is 0.667. The summed E-state index contributed by atoms with van der Waals surface area (Å²) in [6, 6.07) is 8.74. The van der Waals surface area contributed by atoms with Crippen LogP contribution in [0.5, 0.6) is 0 Å². The zero-order valence-corrected chi connectivity index (χ0v) is 12.9. The maximum Gasteiger partial charge on any atom is 0.0372 e. The van der Waals surface area contributed by atoms with Crippen LogP contribution in [0.4, 0.5) is 5.69 Å². The van der Waals surface area contributed by atoms with Gasteiger partial charge in [-0.25, -0.2) is 0 Å². The first-order valence-electron chi connectivity index (χ1n) is 8.20. The molecule has 0 aliphatic rings. The topological polar surface area (TPSA) is 12.0 Å². The van der Waals surface area contributed by atoms with E-state index < -0.39 is 0 Å². The highest BCUT2D eigenvalue weighted by Crippen LogP contribution is 2.17. The van der Waals surface area contributed by atoms with Crippen molar-refractivity contribution in [2.45, 2.75) is 71.6 Å². The van der Waals surface area contributed by atoms with Gasteiger partial charge in [0.05, 0.1) is 0 Å². The zero-order valence-electron chi connectivity index (χ0n) is 12.9. The standard InChI is InChI=1S/C18H31N/c1-3-5-6-7-8-9-12-16-19-18-15-11-10-14-17(18)13-4-2/h10-11,14-15,19H,3-9,12-13,16H2,1-2H3. The molecular weight excluding hydrogens is 230 g/mol. The van der Waals surface area contributed by atoms with Gasteiger partial charge in [-0.15, -0.1) is 0 Å². The highest BCUT2D eigenvalue weighted by atomic mass is 14.9. The quantitative estimate of drug-likeness (QED) is 0.496. The Kier molecular flexibility index (Phi) is 9.22. The van der Waals surface area contributed by atoms with Crippen LogP contribution in [0, 0.1) is 0 Å². The summed E-state index contributed by atoms with van der Waals surface area (Å²) in [6.07, 6.45) is 12.1. The minimum atomic E-state index is 1.12. The van der Waals surface area contributed by atoms with Crippen molar-refractivity contribution in [2.75, 3.05) is 11.9 Å². The van der Waals surface area contributed by atoms with Gasteiger partial charge in [0.15, 0.2) is 0 Å². The molecule has 0 atom stereocenters. The first-order chi connectivity index (χ1) is 9.38. The molecule has 0 fully saturated rings. The molecule has 1 rings (SSSR count). The fourth-order valence-electron chi connectivity index (χ4n) is 2.49. The molecular formula is C18H31N. The molecule has 0 aromatic heterocycles. The van der Waals surface area contributed by atoms with Crippen molar-refractivity contribution >= 4 is 5.69 Å². The molecule has 0 aliphatic heterocycles. The number of hydrogen-bond acceptors (Lipinski definition) is 1. The second-order valence-electron chi connectivity index (χ2n) is 5.46. The van der Waals surface area contributed by atoms with Crippen LogP contribution in [0.25, 0.3) is 0 Å². The Bertz CT molecular complexity index is 319. The lowest BCUT2D eigenvalue weighted by Gasteiger charge is -2.11. The van der Waals surface area contributed by atoms with Crippen molar-refractivity contribution in [3.05, 3.63) is 29.8 Å². The third kappa shape index (κ3) is 7.25. The number of benzene rings is 1. The SMILES string of the molecule is CCCCCCCCCNc1ccccc1CCC. The minimum absolute atomic E-state index is 1.12. The molecule has 0 saturated heterocycles. The van der Waals surface area contributed by atoms with Gasteiger partial charge in [0, 0.05) is 12.2 Å². The van der Waals surface area contributed by atoms with E-state index in [4.69, 9.17) is 0 Å². The van der Waals surface area contributed by atoms with Crippen LogP contribution in [0.15, 0.2) is 24.3 Å². The molecule has 108 valence electrons. The van der Waals surface area contributed by atoms with Gasteiger partial charge in [-0.3, -0.25) is 0 Å². The van der Waals surface area contributed by atoms with Crippen LogP contribution in [0.3, 0.4) is 0 Å². The van der Waals surface area contributed by atoms with E-state index in [9.17, 15) is 0 Å². The van der Waals surface area contributed by atoms with Crippen molar-refractivity contribution in [2.24, 2.45) is 0 Å². The summed E-state index contributed by atoms with van der Waals surface area (Å²) >= 11 is 0. The molecule has 0 unspecified atom stereocenters. The maximum absolute atomic E-state index is 3.60. The lowest BCUT2D eigenvalue weighted by Crippen LogP contribution is -2.04. The molecule has 0 saturated carbocycles. The van der Waals surface area contributed by atoms with E-state index in [0.29, 0.717) is 0 Å². The summed E-state index contributed by atoms with van der Waals surface area (Å²) < 4.78 is 0. The third-order valence-electron chi connectivity index (χ3n) is 3.63. The highest BCUT2D eigenvalue weighted by Gasteiger charge is 1.99. The number of anilines is 1. The summed E-state index contributed by atoms with van der Waals surface area (Å²) in [4.78, 5) is 0.